The zero-order valence-corrected chi connectivity index (χ0v) is 19.6. The lowest BCUT2D eigenvalue weighted by Gasteiger charge is -2.23. The van der Waals surface area contributed by atoms with Crippen molar-refractivity contribution in [2.24, 2.45) is 11.3 Å². The maximum Gasteiger partial charge on any atom is 0.224 e. The smallest absolute Gasteiger partial charge is 0.224 e. The number of para-hydroxylation sites is 1. The summed E-state index contributed by atoms with van der Waals surface area (Å²) in [4.78, 5) is 14.2. The molecule has 0 amide bonds. The van der Waals surface area contributed by atoms with Crippen LogP contribution in [0.15, 0.2) is 36.4 Å². The van der Waals surface area contributed by atoms with Crippen molar-refractivity contribution >= 4 is 22.7 Å². The lowest BCUT2D eigenvalue weighted by molar-refractivity contribution is 0.00446. The van der Waals surface area contributed by atoms with Crippen LogP contribution in [0, 0.1) is 18.3 Å². The van der Waals surface area contributed by atoms with Crippen LogP contribution in [0.3, 0.4) is 0 Å². The molecular weight excluding hydrogens is 418 g/mol. The lowest BCUT2D eigenvalue weighted by atomic mass is 9.97. The van der Waals surface area contributed by atoms with Crippen LogP contribution in [-0.4, -0.2) is 61.7 Å². The topological polar surface area (TPSA) is 123 Å². The molecular formula is C25H33N5O3. The van der Waals surface area contributed by atoms with Gasteiger partial charge in [-0.25, -0.2) is 9.97 Å². The Hall–Kier alpha value is -2.81. The standard InChI is InChI=1S/C25H33N5O3/c1-14-20(18-10-9-15-7-5-6-8-17(15)28-18)23(30-24(27-14)26-13-25(2,3)4)29-19-11-16(12-31)21(32)22(19)33/h5-10,16,19,21-22,31-33H,11-13H2,1-4H3,(H2,26,27,29,30)/t16-,19-,21-,22+/m1/s1. The van der Waals surface area contributed by atoms with Gasteiger partial charge in [-0.15, -0.1) is 0 Å². The number of rotatable bonds is 6. The first kappa shape index (κ1) is 23.4. The molecule has 1 aliphatic rings. The first-order valence-corrected chi connectivity index (χ1v) is 11.4. The number of aliphatic hydroxyl groups is 3. The molecule has 1 fully saturated rings. The van der Waals surface area contributed by atoms with E-state index < -0.39 is 18.2 Å². The Morgan fingerprint density at radius 2 is 1.76 bits per heavy atom. The van der Waals surface area contributed by atoms with Crippen LogP contribution in [0.4, 0.5) is 11.8 Å². The summed E-state index contributed by atoms with van der Waals surface area (Å²) in [6.45, 7) is 8.81. The molecule has 3 aromatic rings. The van der Waals surface area contributed by atoms with Crippen LogP contribution < -0.4 is 10.6 Å². The molecule has 4 rings (SSSR count). The highest BCUT2D eigenvalue weighted by Crippen LogP contribution is 2.34. The fourth-order valence-corrected chi connectivity index (χ4v) is 4.24. The summed E-state index contributed by atoms with van der Waals surface area (Å²) >= 11 is 0. The van der Waals surface area contributed by atoms with E-state index in [9.17, 15) is 15.3 Å². The molecule has 5 N–H and O–H groups in total. The number of aliphatic hydroxyl groups excluding tert-OH is 3. The Morgan fingerprint density at radius 1 is 1.00 bits per heavy atom. The third-order valence-corrected chi connectivity index (χ3v) is 6.08. The van der Waals surface area contributed by atoms with Gasteiger partial charge >= 0.3 is 0 Å². The highest BCUT2D eigenvalue weighted by atomic mass is 16.3. The van der Waals surface area contributed by atoms with Gasteiger partial charge in [0, 0.05) is 24.5 Å². The summed E-state index contributed by atoms with van der Waals surface area (Å²) in [6, 6.07) is 11.4. The van der Waals surface area contributed by atoms with E-state index in [-0.39, 0.29) is 17.9 Å². The molecule has 2 aromatic heterocycles. The highest BCUT2D eigenvalue weighted by Gasteiger charge is 2.41. The normalized spacial score (nSPS) is 23.1. The summed E-state index contributed by atoms with van der Waals surface area (Å²) in [7, 11) is 0. The molecule has 2 heterocycles. The van der Waals surface area contributed by atoms with E-state index in [0.29, 0.717) is 24.7 Å². The van der Waals surface area contributed by atoms with E-state index in [0.717, 1.165) is 27.9 Å². The van der Waals surface area contributed by atoms with E-state index in [4.69, 9.17) is 9.97 Å². The van der Waals surface area contributed by atoms with Crippen molar-refractivity contribution in [2.75, 3.05) is 23.8 Å². The quantitative estimate of drug-likeness (QED) is 0.388. The number of anilines is 2. The molecule has 0 saturated heterocycles. The van der Waals surface area contributed by atoms with E-state index >= 15 is 0 Å². The number of fused-ring (bicyclic) bond motifs is 1. The minimum absolute atomic E-state index is 0.0452. The SMILES string of the molecule is Cc1nc(NCC(C)(C)C)nc(N[C@@H]2C[C@H](CO)[C@@H](O)[C@H]2O)c1-c1ccc2ccccc2n1. The van der Waals surface area contributed by atoms with Gasteiger partial charge in [-0.1, -0.05) is 45.0 Å². The minimum atomic E-state index is -1.01. The number of hydrogen-bond acceptors (Lipinski definition) is 8. The first-order chi connectivity index (χ1) is 15.7. The molecule has 176 valence electrons. The molecule has 8 nitrogen and oxygen atoms in total. The minimum Gasteiger partial charge on any atom is -0.396 e. The van der Waals surface area contributed by atoms with Crippen LogP contribution in [0.1, 0.15) is 32.9 Å². The summed E-state index contributed by atoms with van der Waals surface area (Å²) < 4.78 is 0. The monoisotopic (exact) mass is 451 g/mol. The third kappa shape index (κ3) is 5.08. The van der Waals surface area contributed by atoms with Crippen LogP contribution in [0.2, 0.25) is 0 Å². The molecule has 0 bridgehead atoms. The van der Waals surface area contributed by atoms with E-state index in [2.05, 4.69) is 36.4 Å². The molecule has 8 heteroatoms. The fourth-order valence-electron chi connectivity index (χ4n) is 4.24. The van der Waals surface area contributed by atoms with Crippen LogP contribution in [0.25, 0.3) is 22.2 Å². The van der Waals surface area contributed by atoms with Crippen molar-refractivity contribution in [3.05, 3.63) is 42.1 Å². The van der Waals surface area contributed by atoms with Crippen LogP contribution >= 0.6 is 0 Å². The molecule has 0 spiro atoms. The predicted molar refractivity (Wildman–Crippen MR) is 130 cm³/mol. The molecule has 0 unspecified atom stereocenters. The predicted octanol–water partition coefficient (Wildman–Crippen LogP) is 2.97. The number of nitrogens with zero attached hydrogens (tertiary/aromatic N) is 3. The Morgan fingerprint density at radius 3 is 2.45 bits per heavy atom. The molecule has 1 aromatic carbocycles. The largest absolute Gasteiger partial charge is 0.396 e. The Bertz CT molecular complexity index is 1130. The number of nitrogens with one attached hydrogen (secondary N) is 2. The molecule has 0 radical (unpaired) electrons. The first-order valence-electron chi connectivity index (χ1n) is 11.4. The number of benzene rings is 1. The Labute approximate surface area is 194 Å². The molecule has 33 heavy (non-hydrogen) atoms. The van der Waals surface area contributed by atoms with Crippen LogP contribution in [-0.2, 0) is 0 Å². The summed E-state index contributed by atoms with van der Waals surface area (Å²) in [6.07, 6.45) is -1.57. The summed E-state index contributed by atoms with van der Waals surface area (Å²) in [5, 5.41) is 38.1. The van der Waals surface area contributed by atoms with Gasteiger partial charge < -0.3 is 26.0 Å². The van der Waals surface area contributed by atoms with Crippen molar-refractivity contribution in [1.29, 1.82) is 0 Å². The lowest BCUT2D eigenvalue weighted by Crippen LogP contribution is -2.36. The Balaban J connectivity index is 1.75. The van der Waals surface area contributed by atoms with E-state index in [1.165, 1.54) is 0 Å². The van der Waals surface area contributed by atoms with Crippen molar-refractivity contribution in [2.45, 2.75) is 52.4 Å². The van der Waals surface area contributed by atoms with Crippen molar-refractivity contribution in [1.82, 2.24) is 15.0 Å². The van der Waals surface area contributed by atoms with Gasteiger partial charge in [-0.2, -0.15) is 4.98 Å². The van der Waals surface area contributed by atoms with Gasteiger partial charge in [0.2, 0.25) is 5.95 Å². The molecule has 1 aliphatic carbocycles. The van der Waals surface area contributed by atoms with E-state index in [1.54, 1.807) is 0 Å². The zero-order chi connectivity index (χ0) is 23.8. The average molecular weight is 452 g/mol. The van der Waals surface area contributed by atoms with Gasteiger partial charge in [0.25, 0.3) is 0 Å². The molecule has 1 saturated carbocycles. The average Bonchev–Trinajstić information content (AvgIpc) is 3.04. The van der Waals surface area contributed by atoms with Gasteiger partial charge in [-0.05, 0) is 30.9 Å². The molecule has 0 aliphatic heterocycles. The van der Waals surface area contributed by atoms with Gasteiger partial charge in [0.15, 0.2) is 0 Å². The maximum atomic E-state index is 10.6. The fraction of sp³-hybridized carbons (Fsp3) is 0.480. The van der Waals surface area contributed by atoms with Crippen molar-refractivity contribution < 1.29 is 15.3 Å². The summed E-state index contributed by atoms with van der Waals surface area (Å²) in [5.41, 5.74) is 3.13. The van der Waals surface area contributed by atoms with Crippen LogP contribution in [0.5, 0.6) is 0 Å². The number of pyridine rings is 1. The number of aryl methyl sites for hydroxylation is 1. The molecule has 4 atom stereocenters. The number of hydrogen-bond donors (Lipinski definition) is 5. The Kier molecular flexibility index (Phi) is 6.52. The van der Waals surface area contributed by atoms with Crippen molar-refractivity contribution in [3.63, 3.8) is 0 Å². The van der Waals surface area contributed by atoms with E-state index in [1.807, 2.05) is 43.3 Å². The third-order valence-electron chi connectivity index (χ3n) is 6.08. The van der Waals surface area contributed by atoms with Gasteiger partial charge in [0.1, 0.15) is 11.9 Å². The number of aromatic nitrogens is 3. The van der Waals surface area contributed by atoms with Gasteiger partial charge in [0.05, 0.1) is 34.6 Å². The highest BCUT2D eigenvalue weighted by molar-refractivity contribution is 5.84. The second-order valence-electron chi connectivity index (χ2n) is 10.1. The van der Waals surface area contributed by atoms with Crippen molar-refractivity contribution in [3.8, 4) is 11.3 Å². The second kappa shape index (κ2) is 9.21. The zero-order valence-electron chi connectivity index (χ0n) is 19.6. The van der Waals surface area contributed by atoms with Gasteiger partial charge in [-0.3, -0.25) is 0 Å². The second-order valence-corrected chi connectivity index (χ2v) is 10.1. The maximum absolute atomic E-state index is 10.6. The summed E-state index contributed by atoms with van der Waals surface area (Å²) in [5.74, 6) is 0.638.